The molecule has 0 saturated heterocycles. The molecule has 0 amide bonds. The first-order valence-electron chi connectivity index (χ1n) is 9.15. The molecule has 4 aromatic rings. The third kappa shape index (κ3) is 2.79. The molecule has 0 spiro atoms. The number of pyridine rings is 1. The number of imidazole rings is 1. The van der Waals surface area contributed by atoms with Crippen molar-refractivity contribution in [2.24, 2.45) is 5.92 Å². The van der Waals surface area contributed by atoms with Gasteiger partial charge in [-0.05, 0) is 17.5 Å². The van der Waals surface area contributed by atoms with Gasteiger partial charge in [0, 0.05) is 30.3 Å². The normalized spacial score (nSPS) is 14.7. The second-order valence-corrected chi connectivity index (χ2v) is 7.14. The van der Waals surface area contributed by atoms with Crippen LogP contribution >= 0.6 is 0 Å². The molecule has 5 rings (SSSR count). The minimum Gasteiger partial charge on any atom is -0.319 e. The molecule has 7 heteroatoms. The molecule has 3 heterocycles. The Labute approximate surface area is 154 Å². The lowest BCUT2D eigenvalue weighted by atomic mass is 9.83. The Morgan fingerprint density at radius 1 is 1.22 bits per heavy atom. The molecule has 1 aromatic carbocycles. The van der Waals surface area contributed by atoms with Crippen molar-refractivity contribution in [2.45, 2.75) is 32.2 Å². The number of aromatic amines is 1. The number of hydrogen-bond acceptors (Lipinski definition) is 4. The molecule has 0 unspecified atom stereocenters. The van der Waals surface area contributed by atoms with Gasteiger partial charge in [0.1, 0.15) is 11.6 Å². The van der Waals surface area contributed by atoms with Crippen LogP contribution in [-0.4, -0.2) is 24.5 Å². The van der Waals surface area contributed by atoms with Crippen LogP contribution in [0.15, 0.2) is 41.5 Å². The molecule has 6 nitrogen and oxygen atoms in total. The van der Waals surface area contributed by atoms with E-state index in [1.54, 1.807) is 18.5 Å². The minimum atomic E-state index is -0.434. The highest BCUT2D eigenvalue weighted by Crippen LogP contribution is 2.30. The van der Waals surface area contributed by atoms with Crippen LogP contribution in [0, 0.1) is 11.7 Å². The summed E-state index contributed by atoms with van der Waals surface area (Å²) in [7, 11) is 0. The van der Waals surface area contributed by atoms with E-state index in [1.165, 1.54) is 31.4 Å². The van der Waals surface area contributed by atoms with E-state index in [-0.39, 0.29) is 11.1 Å². The van der Waals surface area contributed by atoms with Gasteiger partial charge in [0.05, 0.1) is 12.1 Å². The Kier molecular flexibility index (Phi) is 3.74. The van der Waals surface area contributed by atoms with Crippen LogP contribution in [0.25, 0.3) is 22.2 Å². The number of nitrogens with one attached hydrogen (secondary N) is 1. The summed E-state index contributed by atoms with van der Waals surface area (Å²) in [6.45, 7) is 0.404. The number of aromatic nitrogens is 5. The number of para-hydroxylation sites is 1. The van der Waals surface area contributed by atoms with E-state index < -0.39 is 5.82 Å². The van der Waals surface area contributed by atoms with Crippen molar-refractivity contribution >= 4 is 22.2 Å². The first-order chi connectivity index (χ1) is 13.2. The predicted molar refractivity (Wildman–Crippen MR) is 100.0 cm³/mol. The lowest BCUT2D eigenvalue weighted by Gasteiger charge is -2.25. The molecular formula is C20H18FN5O. The fraction of sp³-hybridized carbons (Fsp3) is 0.300. The Morgan fingerprint density at radius 3 is 2.89 bits per heavy atom. The number of halogens is 1. The highest BCUT2D eigenvalue weighted by molar-refractivity contribution is 5.82. The van der Waals surface area contributed by atoms with Gasteiger partial charge >= 0.3 is 0 Å². The molecule has 1 aliphatic carbocycles. The summed E-state index contributed by atoms with van der Waals surface area (Å²) in [5.74, 6) is 1.12. The quantitative estimate of drug-likeness (QED) is 0.604. The SMILES string of the molecule is O=c1cc(Cn2c(CC3CCC3)nc3nccnc32)c2cccc(F)c2[nH]1. The molecule has 136 valence electrons. The standard InChI is InChI=1S/C20H18FN5O/c21-15-6-2-5-14-13(10-17(27)25-18(14)15)11-26-16(9-12-3-1-4-12)24-19-20(26)23-8-7-22-19/h2,5-8,10,12H,1,3-4,9,11H2,(H,25,27). The Balaban J connectivity index is 1.66. The maximum atomic E-state index is 14.2. The molecule has 1 saturated carbocycles. The summed E-state index contributed by atoms with van der Waals surface area (Å²) in [6.07, 6.45) is 7.83. The predicted octanol–water partition coefficient (Wildman–Crippen LogP) is 3.20. The van der Waals surface area contributed by atoms with Crippen LogP contribution in [0.2, 0.25) is 0 Å². The summed E-state index contributed by atoms with van der Waals surface area (Å²) in [5, 5.41) is 0.690. The monoisotopic (exact) mass is 363 g/mol. The lowest BCUT2D eigenvalue weighted by molar-refractivity contribution is 0.307. The van der Waals surface area contributed by atoms with E-state index in [9.17, 15) is 9.18 Å². The van der Waals surface area contributed by atoms with Gasteiger partial charge in [-0.2, -0.15) is 0 Å². The molecule has 0 atom stereocenters. The van der Waals surface area contributed by atoms with Gasteiger partial charge in [0.15, 0.2) is 11.3 Å². The molecule has 3 aromatic heterocycles. The van der Waals surface area contributed by atoms with Crippen LogP contribution in [0.5, 0.6) is 0 Å². The van der Waals surface area contributed by atoms with Crippen LogP contribution < -0.4 is 5.56 Å². The summed E-state index contributed by atoms with van der Waals surface area (Å²) in [5.41, 5.74) is 1.95. The average molecular weight is 363 g/mol. The zero-order valence-electron chi connectivity index (χ0n) is 14.7. The van der Waals surface area contributed by atoms with E-state index >= 15 is 0 Å². The molecule has 1 fully saturated rings. The summed E-state index contributed by atoms with van der Waals surface area (Å²) >= 11 is 0. The van der Waals surface area contributed by atoms with Gasteiger partial charge < -0.3 is 9.55 Å². The maximum absolute atomic E-state index is 14.2. The smallest absolute Gasteiger partial charge is 0.248 e. The van der Waals surface area contributed by atoms with Crippen molar-refractivity contribution in [3.05, 3.63) is 64.2 Å². The zero-order chi connectivity index (χ0) is 18.4. The molecule has 1 N–H and O–H groups in total. The summed E-state index contributed by atoms with van der Waals surface area (Å²) in [4.78, 5) is 28.1. The topological polar surface area (TPSA) is 76.5 Å². The molecule has 0 radical (unpaired) electrons. The number of hydrogen-bond donors (Lipinski definition) is 1. The first kappa shape index (κ1) is 16.1. The van der Waals surface area contributed by atoms with Gasteiger partial charge in [-0.3, -0.25) is 4.79 Å². The Morgan fingerprint density at radius 2 is 2.07 bits per heavy atom. The molecule has 1 aliphatic rings. The van der Waals surface area contributed by atoms with Gasteiger partial charge in [-0.25, -0.2) is 19.3 Å². The van der Waals surface area contributed by atoms with Gasteiger partial charge in [-0.15, -0.1) is 0 Å². The number of fused-ring (bicyclic) bond motifs is 2. The third-order valence-corrected chi connectivity index (χ3v) is 5.40. The molecular weight excluding hydrogens is 345 g/mol. The Hall–Kier alpha value is -3.09. The molecule has 0 bridgehead atoms. The van der Waals surface area contributed by atoms with Gasteiger partial charge in [0.2, 0.25) is 5.56 Å². The Bertz CT molecular complexity index is 1210. The van der Waals surface area contributed by atoms with E-state index in [4.69, 9.17) is 0 Å². The van der Waals surface area contributed by atoms with Crippen molar-refractivity contribution in [2.75, 3.05) is 0 Å². The van der Waals surface area contributed by atoms with Crippen molar-refractivity contribution in [1.82, 2.24) is 24.5 Å². The van der Waals surface area contributed by atoms with Crippen LogP contribution in [0.3, 0.4) is 0 Å². The second-order valence-electron chi connectivity index (χ2n) is 7.14. The largest absolute Gasteiger partial charge is 0.319 e. The summed E-state index contributed by atoms with van der Waals surface area (Å²) < 4.78 is 16.2. The highest BCUT2D eigenvalue weighted by Gasteiger charge is 2.22. The van der Waals surface area contributed by atoms with Crippen molar-refractivity contribution in [3.63, 3.8) is 0 Å². The maximum Gasteiger partial charge on any atom is 0.248 e. The molecule has 0 aliphatic heterocycles. The number of rotatable bonds is 4. The minimum absolute atomic E-state index is 0.232. The van der Waals surface area contributed by atoms with Crippen molar-refractivity contribution in [1.29, 1.82) is 0 Å². The van der Waals surface area contributed by atoms with Crippen molar-refractivity contribution in [3.8, 4) is 0 Å². The van der Waals surface area contributed by atoms with E-state index in [0.717, 1.165) is 17.8 Å². The highest BCUT2D eigenvalue weighted by atomic mass is 19.1. The summed E-state index contributed by atoms with van der Waals surface area (Å²) in [6, 6.07) is 6.35. The number of nitrogens with zero attached hydrogens (tertiary/aromatic N) is 4. The molecule has 27 heavy (non-hydrogen) atoms. The van der Waals surface area contributed by atoms with Crippen LogP contribution in [0.4, 0.5) is 4.39 Å². The number of benzene rings is 1. The number of H-pyrrole nitrogens is 1. The third-order valence-electron chi connectivity index (χ3n) is 5.40. The van der Waals surface area contributed by atoms with E-state index in [0.29, 0.717) is 29.1 Å². The second kappa shape index (κ2) is 6.26. The average Bonchev–Trinajstić information content (AvgIpc) is 2.97. The zero-order valence-corrected chi connectivity index (χ0v) is 14.7. The fourth-order valence-electron chi connectivity index (χ4n) is 3.79. The fourth-order valence-corrected chi connectivity index (χ4v) is 3.79. The lowest BCUT2D eigenvalue weighted by Crippen LogP contribution is -2.18. The van der Waals surface area contributed by atoms with E-state index in [1.807, 2.05) is 10.6 Å². The van der Waals surface area contributed by atoms with E-state index in [2.05, 4.69) is 19.9 Å². The van der Waals surface area contributed by atoms with Gasteiger partial charge in [-0.1, -0.05) is 31.4 Å². The first-order valence-corrected chi connectivity index (χ1v) is 9.15. The van der Waals surface area contributed by atoms with Gasteiger partial charge in [0.25, 0.3) is 0 Å². The van der Waals surface area contributed by atoms with Crippen molar-refractivity contribution < 1.29 is 4.39 Å². The van der Waals surface area contributed by atoms with Crippen LogP contribution in [-0.2, 0) is 13.0 Å². The van der Waals surface area contributed by atoms with Crippen LogP contribution in [0.1, 0.15) is 30.7 Å².